The summed E-state index contributed by atoms with van der Waals surface area (Å²) in [5.74, 6) is 0.943. The van der Waals surface area contributed by atoms with Gasteiger partial charge in [-0.1, -0.05) is 0 Å². The number of carbonyl (C=O) groups is 2. The van der Waals surface area contributed by atoms with E-state index >= 15 is 0 Å². The summed E-state index contributed by atoms with van der Waals surface area (Å²) < 4.78 is 22.8. The van der Waals surface area contributed by atoms with Crippen molar-refractivity contribution in [2.45, 2.75) is 38.6 Å². The molecule has 138 valence electrons. The van der Waals surface area contributed by atoms with Crippen molar-refractivity contribution in [1.82, 2.24) is 15.1 Å². The van der Waals surface area contributed by atoms with E-state index in [1.54, 1.807) is 11.9 Å². The van der Waals surface area contributed by atoms with Crippen LogP contribution >= 0.6 is 0 Å². The van der Waals surface area contributed by atoms with Gasteiger partial charge in [0.15, 0.2) is 9.84 Å². The van der Waals surface area contributed by atoms with Crippen LogP contribution in [0.15, 0.2) is 0 Å². The third-order valence-corrected chi connectivity index (χ3v) is 6.51. The standard InChI is InChI=1S/C16H29N3O4S/c1-13(5-6-17-15(20)11-14-3-4-14)18(2)16(21)12-19-7-9-24(22,23)10-8-19/h13-14H,3-12H2,1-2H3,(H,17,20). The van der Waals surface area contributed by atoms with Crippen LogP contribution in [0.1, 0.15) is 32.6 Å². The number of carbonyl (C=O) groups excluding carboxylic acids is 2. The van der Waals surface area contributed by atoms with Crippen LogP contribution in [0.25, 0.3) is 0 Å². The lowest BCUT2D eigenvalue weighted by Crippen LogP contribution is -2.47. The zero-order valence-electron chi connectivity index (χ0n) is 14.7. The Balaban J connectivity index is 1.64. The van der Waals surface area contributed by atoms with Gasteiger partial charge in [0.25, 0.3) is 0 Å². The fraction of sp³-hybridized carbons (Fsp3) is 0.875. The van der Waals surface area contributed by atoms with Gasteiger partial charge in [0.05, 0.1) is 18.1 Å². The van der Waals surface area contributed by atoms with Crippen LogP contribution < -0.4 is 5.32 Å². The molecule has 1 saturated carbocycles. The maximum absolute atomic E-state index is 12.3. The molecule has 1 N–H and O–H groups in total. The van der Waals surface area contributed by atoms with Crippen LogP contribution in [0.3, 0.4) is 0 Å². The van der Waals surface area contributed by atoms with Gasteiger partial charge in [-0.25, -0.2) is 8.42 Å². The average Bonchev–Trinajstić information content (AvgIpc) is 3.32. The number of nitrogens with zero attached hydrogens (tertiary/aromatic N) is 2. The molecule has 8 heteroatoms. The number of hydrogen-bond donors (Lipinski definition) is 1. The molecule has 1 heterocycles. The normalized spacial score (nSPS) is 21.9. The molecular formula is C16H29N3O4S. The van der Waals surface area contributed by atoms with Crippen molar-refractivity contribution < 1.29 is 18.0 Å². The van der Waals surface area contributed by atoms with Gasteiger partial charge in [0, 0.05) is 39.1 Å². The first-order valence-corrected chi connectivity index (χ1v) is 10.5. The highest BCUT2D eigenvalue weighted by atomic mass is 32.2. The fourth-order valence-corrected chi connectivity index (χ4v) is 4.00. The lowest BCUT2D eigenvalue weighted by atomic mass is 10.2. The lowest BCUT2D eigenvalue weighted by Gasteiger charge is -2.30. The van der Waals surface area contributed by atoms with Crippen molar-refractivity contribution in [1.29, 1.82) is 0 Å². The summed E-state index contributed by atoms with van der Waals surface area (Å²) in [6, 6.07) is 0.0345. The van der Waals surface area contributed by atoms with E-state index in [2.05, 4.69) is 5.32 Å². The zero-order chi connectivity index (χ0) is 17.7. The molecule has 1 unspecified atom stereocenters. The number of rotatable bonds is 8. The van der Waals surface area contributed by atoms with Gasteiger partial charge in [-0.3, -0.25) is 14.5 Å². The van der Waals surface area contributed by atoms with Crippen molar-refractivity contribution in [3.05, 3.63) is 0 Å². The van der Waals surface area contributed by atoms with E-state index in [9.17, 15) is 18.0 Å². The predicted molar refractivity (Wildman–Crippen MR) is 92.3 cm³/mol. The topological polar surface area (TPSA) is 86.8 Å². The van der Waals surface area contributed by atoms with Gasteiger partial charge in [-0.05, 0) is 32.1 Å². The van der Waals surface area contributed by atoms with Gasteiger partial charge < -0.3 is 10.2 Å². The molecule has 2 amide bonds. The smallest absolute Gasteiger partial charge is 0.236 e. The zero-order valence-corrected chi connectivity index (χ0v) is 15.5. The quantitative estimate of drug-likeness (QED) is 0.652. The lowest BCUT2D eigenvalue weighted by molar-refractivity contribution is -0.132. The Morgan fingerprint density at radius 3 is 2.46 bits per heavy atom. The summed E-state index contributed by atoms with van der Waals surface area (Å²) in [6.45, 7) is 3.64. The molecule has 2 fully saturated rings. The number of hydrogen-bond acceptors (Lipinski definition) is 5. The highest BCUT2D eigenvalue weighted by Gasteiger charge is 2.26. The van der Waals surface area contributed by atoms with Crippen molar-refractivity contribution >= 4 is 21.7 Å². The first kappa shape index (κ1) is 19.2. The molecule has 1 aliphatic heterocycles. The minimum atomic E-state index is -2.92. The molecule has 2 aliphatic rings. The third kappa shape index (κ3) is 6.39. The molecular weight excluding hydrogens is 330 g/mol. The monoisotopic (exact) mass is 359 g/mol. The van der Waals surface area contributed by atoms with Crippen LogP contribution in [-0.2, 0) is 19.4 Å². The highest BCUT2D eigenvalue weighted by Crippen LogP contribution is 2.32. The van der Waals surface area contributed by atoms with Gasteiger partial charge in [-0.15, -0.1) is 0 Å². The molecule has 0 spiro atoms. The van der Waals surface area contributed by atoms with E-state index in [1.807, 2.05) is 11.8 Å². The summed E-state index contributed by atoms with van der Waals surface area (Å²) in [4.78, 5) is 27.5. The second kappa shape index (κ2) is 8.29. The van der Waals surface area contributed by atoms with Gasteiger partial charge in [0.1, 0.15) is 0 Å². The second-order valence-electron chi connectivity index (χ2n) is 7.07. The van der Waals surface area contributed by atoms with Crippen molar-refractivity contribution in [3.8, 4) is 0 Å². The summed E-state index contributed by atoms with van der Waals surface area (Å²) in [5, 5.41) is 2.92. The Bertz CT molecular complexity index is 546. The first-order chi connectivity index (χ1) is 11.3. The van der Waals surface area contributed by atoms with E-state index in [-0.39, 0.29) is 35.9 Å². The Morgan fingerprint density at radius 2 is 1.88 bits per heavy atom. The number of likely N-dealkylation sites (N-methyl/N-ethyl adjacent to an activating group) is 1. The molecule has 0 aromatic carbocycles. The molecule has 2 rings (SSSR count). The van der Waals surface area contributed by atoms with Crippen molar-refractivity contribution in [3.63, 3.8) is 0 Å². The van der Waals surface area contributed by atoms with Gasteiger partial charge >= 0.3 is 0 Å². The third-order valence-electron chi connectivity index (χ3n) is 4.91. The molecule has 0 radical (unpaired) electrons. The van der Waals surface area contributed by atoms with Crippen LogP contribution in [-0.4, -0.2) is 80.8 Å². The van der Waals surface area contributed by atoms with Crippen molar-refractivity contribution in [2.24, 2.45) is 5.92 Å². The van der Waals surface area contributed by atoms with Gasteiger partial charge in [-0.2, -0.15) is 0 Å². The number of sulfone groups is 1. The Hall–Kier alpha value is -1.15. The Morgan fingerprint density at radius 1 is 1.25 bits per heavy atom. The highest BCUT2D eigenvalue weighted by molar-refractivity contribution is 7.91. The van der Waals surface area contributed by atoms with Crippen LogP contribution in [0.2, 0.25) is 0 Å². The molecule has 1 atom stereocenters. The molecule has 0 aromatic rings. The molecule has 0 bridgehead atoms. The minimum Gasteiger partial charge on any atom is -0.356 e. The predicted octanol–water partition coefficient (Wildman–Crippen LogP) is -0.130. The average molecular weight is 359 g/mol. The molecule has 0 aromatic heterocycles. The maximum atomic E-state index is 12.3. The summed E-state index contributed by atoms with van der Waals surface area (Å²) in [7, 11) is -1.16. The van der Waals surface area contributed by atoms with Crippen LogP contribution in [0.5, 0.6) is 0 Å². The maximum Gasteiger partial charge on any atom is 0.236 e. The summed E-state index contributed by atoms with van der Waals surface area (Å²) in [6.07, 6.45) is 3.67. The van der Waals surface area contributed by atoms with E-state index in [4.69, 9.17) is 0 Å². The first-order valence-electron chi connectivity index (χ1n) is 8.72. The van der Waals surface area contributed by atoms with Crippen molar-refractivity contribution in [2.75, 3.05) is 44.7 Å². The Kier molecular flexibility index (Phi) is 6.62. The van der Waals surface area contributed by atoms with Crippen LogP contribution in [0.4, 0.5) is 0 Å². The fourth-order valence-electron chi connectivity index (χ4n) is 2.73. The number of amides is 2. The van der Waals surface area contributed by atoms with E-state index < -0.39 is 9.84 Å². The van der Waals surface area contributed by atoms with E-state index in [0.717, 1.165) is 0 Å². The van der Waals surface area contributed by atoms with Gasteiger partial charge in [0.2, 0.25) is 11.8 Å². The van der Waals surface area contributed by atoms with Crippen LogP contribution in [0, 0.1) is 5.92 Å². The molecule has 1 saturated heterocycles. The van der Waals surface area contributed by atoms with E-state index in [0.29, 0.717) is 38.4 Å². The molecule has 1 aliphatic carbocycles. The molecule has 7 nitrogen and oxygen atoms in total. The largest absolute Gasteiger partial charge is 0.356 e. The Labute approximate surface area is 144 Å². The molecule has 24 heavy (non-hydrogen) atoms. The summed E-state index contributed by atoms with van der Waals surface area (Å²) in [5.41, 5.74) is 0. The second-order valence-corrected chi connectivity index (χ2v) is 9.37. The SMILES string of the molecule is CC(CCNC(=O)CC1CC1)N(C)C(=O)CN1CCS(=O)(=O)CC1. The minimum absolute atomic E-state index is 0.00824. The summed E-state index contributed by atoms with van der Waals surface area (Å²) >= 11 is 0. The number of nitrogens with one attached hydrogen (secondary N) is 1. The van der Waals surface area contributed by atoms with E-state index in [1.165, 1.54) is 12.8 Å².